The minimum atomic E-state index is -0.589. The highest BCUT2D eigenvalue weighted by Crippen LogP contribution is 2.65. The van der Waals surface area contributed by atoms with E-state index in [4.69, 9.17) is 0 Å². The fourth-order valence-corrected chi connectivity index (χ4v) is 13.9. The van der Waals surface area contributed by atoms with Crippen LogP contribution >= 0.6 is 0 Å². The minimum Gasteiger partial charge on any atom is -0.310 e. The first-order valence-electron chi connectivity index (χ1n) is 24.5. The number of aromatic nitrogens is 1. The Kier molecular flexibility index (Phi) is 7.51. The van der Waals surface area contributed by atoms with Crippen LogP contribution in [0.1, 0.15) is 44.5 Å². The van der Waals surface area contributed by atoms with Gasteiger partial charge in [-0.1, -0.05) is 212 Å². The molecule has 4 aliphatic rings. The molecule has 0 unspecified atom stereocenters. The normalized spacial score (nSPS) is 14.2. The van der Waals surface area contributed by atoms with Crippen LogP contribution in [0.15, 0.2) is 255 Å². The second-order valence-corrected chi connectivity index (χ2v) is 19.4. The lowest BCUT2D eigenvalue weighted by atomic mass is 9.65. The third-order valence-corrected chi connectivity index (χ3v) is 16.4. The predicted octanol–water partition coefficient (Wildman–Crippen LogP) is 16.9. The minimum absolute atomic E-state index is 0.492. The van der Waals surface area contributed by atoms with Gasteiger partial charge in [0.1, 0.15) is 0 Å². The fraction of sp³-hybridized carbons (Fsp3) is 0.0294. The lowest BCUT2D eigenvalue weighted by molar-refractivity contribution is 0.748. The van der Waals surface area contributed by atoms with Crippen molar-refractivity contribution in [3.63, 3.8) is 0 Å². The summed E-state index contributed by atoms with van der Waals surface area (Å²) in [5.74, 6) is 0. The zero-order valence-corrected chi connectivity index (χ0v) is 38.1. The predicted molar refractivity (Wildman–Crippen MR) is 288 cm³/mol. The molecule has 0 atom stereocenters. The molecule has 3 aliphatic carbocycles. The van der Waals surface area contributed by atoms with Crippen molar-refractivity contribution in [1.29, 1.82) is 0 Å². The van der Waals surface area contributed by atoms with Crippen molar-refractivity contribution in [1.82, 2.24) is 4.57 Å². The van der Waals surface area contributed by atoms with Gasteiger partial charge in [-0.15, -0.1) is 0 Å². The van der Waals surface area contributed by atoms with Crippen molar-refractivity contribution in [2.75, 3.05) is 4.90 Å². The van der Waals surface area contributed by atoms with E-state index < -0.39 is 10.8 Å². The van der Waals surface area contributed by atoms with Crippen molar-refractivity contribution >= 4 is 38.9 Å². The first-order valence-corrected chi connectivity index (χ1v) is 24.5. The molecular formula is C68H42N2. The second-order valence-electron chi connectivity index (χ2n) is 19.4. The summed E-state index contributed by atoms with van der Waals surface area (Å²) in [7, 11) is 0. The van der Waals surface area contributed by atoms with Crippen LogP contribution in [0.5, 0.6) is 0 Å². The van der Waals surface area contributed by atoms with Crippen LogP contribution in [-0.4, -0.2) is 4.57 Å². The number of nitrogens with zero attached hydrogens (tertiary/aromatic N) is 2. The van der Waals surface area contributed by atoms with Gasteiger partial charge in [-0.25, -0.2) is 0 Å². The number of hydrogen-bond acceptors (Lipinski definition) is 1. The highest BCUT2D eigenvalue weighted by molar-refractivity contribution is 6.14. The van der Waals surface area contributed by atoms with Crippen molar-refractivity contribution in [2.24, 2.45) is 0 Å². The average Bonchev–Trinajstić information content (AvgIpc) is 4.12. The molecule has 0 fully saturated rings. The molecule has 11 aromatic carbocycles. The highest BCUT2D eigenvalue weighted by atomic mass is 15.1. The van der Waals surface area contributed by atoms with Crippen LogP contribution in [-0.2, 0) is 10.8 Å². The monoisotopic (exact) mass is 886 g/mol. The van der Waals surface area contributed by atoms with Gasteiger partial charge in [-0.3, -0.25) is 0 Å². The molecule has 2 nitrogen and oxygen atoms in total. The van der Waals surface area contributed by atoms with Gasteiger partial charge < -0.3 is 9.47 Å². The van der Waals surface area contributed by atoms with Gasteiger partial charge in [0, 0.05) is 27.7 Å². The number of benzene rings is 11. The summed E-state index contributed by atoms with van der Waals surface area (Å²) in [6.45, 7) is 0. The third-order valence-electron chi connectivity index (χ3n) is 16.4. The molecule has 2 heteroatoms. The van der Waals surface area contributed by atoms with Gasteiger partial charge in [0.05, 0.1) is 33.2 Å². The van der Waals surface area contributed by atoms with Crippen molar-refractivity contribution in [3.8, 4) is 50.2 Å². The summed E-state index contributed by atoms with van der Waals surface area (Å²) in [6.07, 6.45) is 0. The van der Waals surface area contributed by atoms with Crippen LogP contribution in [0.25, 0.3) is 72.0 Å². The zero-order chi connectivity index (χ0) is 45.7. The van der Waals surface area contributed by atoms with E-state index in [0.29, 0.717) is 0 Å². The van der Waals surface area contributed by atoms with E-state index in [1.807, 2.05) is 0 Å². The van der Waals surface area contributed by atoms with Gasteiger partial charge in [-0.05, 0) is 126 Å². The molecule has 324 valence electrons. The van der Waals surface area contributed by atoms with Crippen LogP contribution in [0.3, 0.4) is 0 Å². The number of anilines is 3. The Balaban J connectivity index is 1.05. The van der Waals surface area contributed by atoms with Gasteiger partial charge in [0.25, 0.3) is 0 Å². The van der Waals surface area contributed by atoms with Crippen LogP contribution in [0.4, 0.5) is 17.1 Å². The Morgan fingerprint density at radius 1 is 0.286 bits per heavy atom. The lowest BCUT2D eigenvalue weighted by Gasteiger charge is -2.40. The van der Waals surface area contributed by atoms with E-state index in [2.05, 4.69) is 264 Å². The lowest BCUT2D eigenvalue weighted by Crippen LogP contribution is -2.33. The van der Waals surface area contributed by atoms with E-state index in [1.165, 1.54) is 117 Å². The van der Waals surface area contributed by atoms with Crippen molar-refractivity contribution in [3.05, 3.63) is 299 Å². The largest absolute Gasteiger partial charge is 0.310 e. The van der Waals surface area contributed by atoms with Crippen LogP contribution < -0.4 is 4.90 Å². The van der Waals surface area contributed by atoms with Crippen molar-refractivity contribution < 1.29 is 0 Å². The summed E-state index contributed by atoms with van der Waals surface area (Å²) >= 11 is 0. The standard InChI is InChI=1S/C68H42N2/c1-2-20-43(21-3-1)46-22-9-17-35-63(46)69(44-38-39-52-51-27-8-13-31-57(51)67(61(52)41-44)55-29-11-4-23-47(55)48-24-5-12-30-56(48)67)45-40-54-53-28-10-18-36-64(53)70-65-37-19-16-34-60(65)68(62(42-45)66(54)70)58-32-14-6-25-49(58)50-26-7-15-33-59(50)68/h1-42H. The van der Waals surface area contributed by atoms with Crippen LogP contribution in [0, 0.1) is 0 Å². The summed E-state index contributed by atoms with van der Waals surface area (Å²) in [5, 5.41) is 2.48. The summed E-state index contributed by atoms with van der Waals surface area (Å²) in [6, 6.07) is 96.2. The summed E-state index contributed by atoms with van der Waals surface area (Å²) < 4.78 is 2.56. The number of rotatable bonds is 4. The SMILES string of the molecule is c1ccc(-c2ccccc2N(c2ccc3c(c2)C2(c4ccccc4-c4ccccc42)c2ccccc2-3)c2cc3c4c(c2)c2ccccc2n4-c2ccccc2C32c3ccccc3-c3ccccc32)cc1. The first kappa shape index (κ1) is 38.0. The maximum atomic E-state index is 2.58. The molecule has 0 amide bonds. The Hall–Kier alpha value is -8.98. The number of para-hydroxylation sites is 3. The van der Waals surface area contributed by atoms with E-state index in [9.17, 15) is 0 Å². The van der Waals surface area contributed by atoms with Gasteiger partial charge in [0.2, 0.25) is 0 Å². The van der Waals surface area contributed by atoms with Crippen LogP contribution in [0.2, 0.25) is 0 Å². The molecule has 0 radical (unpaired) electrons. The third kappa shape index (κ3) is 4.59. The second kappa shape index (κ2) is 13.8. The van der Waals surface area contributed by atoms with Crippen molar-refractivity contribution in [2.45, 2.75) is 10.8 Å². The molecule has 70 heavy (non-hydrogen) atoms. The Bertz CT molecular complexity index is 4100. The molecule has 0 N–H and O–H groups in total. The fourth-order valence-electron chi connectivity index (χ4n) is 13.9. The molecule has 0 saturated heterocycles. The molecule has 2 heterocycles. The Morgan fingerprint density at radius 3 is 1.33 bits per heavy atom. The Morgan fingerprint density at radius 2 is 0.729 bits per heavy atom. The van der Waals surface area contributed by atoms with Gasteiger partial charge in [-0.2, -0.15) is 0 Å². The maximum absolute atomic E-state index is 2.58. The molecule has 12 aromatic rings. The smallest absolute Gasteiger partial charge is 0.0755 e. The topological polar surface area (TPSA) is 8.17 Å². The van der Waals surface area contributed by atoms with Gasteiger partial charge >= 0.3 is 0 Å². The zero-order valence-electron chi connectivity index (χ0n) is 38.1. The van der Waals surface area contributed by atoms with E-state index in [-0.39, 0.29) is 0 Å². The average molecular weight is 887 g/mol. The molecular weight excluding hydrogens is 845 g/mol. The van der Waals surface area contributed by atoms with E-state index >= 15 is 0 Å². The molecule has 0 bridgehead atoms. The first-order chi connectivity index (χ1) is 34.8. The molecule has 0 saturated carbocycles. The van der Waals surface area contributed by atoms with E-state index in [0.717, 1.165) is 17.1 Å². The number of fused-ring (bicyclic) bond motifs is 22. The van der Waals surface area contributed by atoms with Gasteiger partial charge in [0.15, 0.2) is 0 Å². The molecule has 1 aromatic heterocycles. The number of hydrogen-bond donors (Lipinski definition) is 0. The highest BCUT2D eigenvalue weighted by Gasteiger charge is 2.53. The maximum Gasteiger partial charge on any atom is 0.0755 e. The quantitative estimate of drug-likeness (QED) is 0.171. The molecule has 1 aliphatic heterocycles. The summed E-state index contributed by atoms with van der Waals surface area (Å²) in [5.41, 5.74) is 26.7. The molecule has 16 rings (SSSR count). The molecule has 2 spiro atoms. The Labute approximate surface area is 406 Å². The summed E-state index contributed by atoms with van der Waals surface area (Å²) in [4.78, 5) is 2.58. The van der Waals surface area contributed by atoms with E-state index in [1.54, 1.807) is 0 Å².